The van der Waals surface area contributed by atoms with Gasteiger partial charge in [0.2, 0.25) is 0 Å². The van der Waals surface area contributed by atoms with E-state index in [9.17, 15) is 4.79 Å². The fourth-order valence-electron chi connectivity index (χ4n) is 2.08. The van der Waals surface area contributed by atoms with E-state index in [4.69, 9.17) is 11.6 Å². The second kappa shape index (κ2) is 3.35. The Labute approximate surface area is 96.8 Å². The molecule has 0 aliphatic carbocycles. The number of carbonyl (C=O) groups is 1. The van der Waals surface area contributed by atoms with Gasteiger partial charge < -0.3 is 4.98 Å². The summed E-state index contributed by atoms with van der Waals surface area (Å²) < 4.78 is 0. The minimum atomic E-state index is 0.571. The van der Waals surface area contributed by atoms with Crippen molar-refractivity contribution in [1.82, 2.24) is 4.98 Å². The molecule has 0 radical (unpaired) electrons. The van der Waals surface area contributed by atoms with Gasteiger partial charge in [-0.25, -0.2) is 0 Å². The van der Waals surface area contributed by atoms with Crippen LogP contribution in [0, 0.1) is 0 Å². The van der Waals surface area contributed by atoms with Gasteiger partial charge in [0, 0.05) is 32.4 Å². The molecule has 0 amide bonds. The Morgan fingerprint density at radius 3 is 2.75 bits per heavy atom. The summed E-state index contributed by atoms with van der Waals surface area (Å²) in [6.07, 6.45) is 0.842. The first-order valence-electron chi connectivity index (χ1n) is 4.95. The standard InChI is InChI=1S/C13H8ClNO/c14-9-5-8(7-16)13-10-3-1-2-4-11(10)15-12(13)6-9/h1-7,15H. The molecular formula is C13H8ClNO. The van der Waals surface area contributed by atoms with Crippen LogP contribution in [0.2, 0.25) is 5.02 Å². The van der Waals surface area contributed by atoms with Crippen molar-refractivity contribution in [3.8, 4) is 0 Å². The SMILES string of the molecule is O=Cc1cc(Cl)cc2[nH]c3ccccc3c12. The molecule has 0 fully saturated rings. The summed E-state index contributed by atoms with van der Waals surface area (Å²) in [5.41, 5.74) is 2.54. The first-order valence-corrected chi connectivity index (χ1v) is 5.32. The number of aromatic amines is 1. The highest BCUT2D eigenvalue weighted by atomic mass is 35.5. The maximum absolute atomic E-state index is 11.0. The van der Waals surface area contributed by atoms with E-state index in [1.807, 2.05) is 30.3 Å². The van der Waals surface area contributed by atoms with Gasteiger partial charge in [-0.15, -0.1) is 0 Å². The molecule has 0 aliphatic rings. The van der Waals surface area contributed by atoms with Crippen LogP contribution in [0.5, 0.6) is 0 Å². The Morgan fingerprint density at radius 1 is 1.12 bits per heavy atom. The minimum Gasteiger partial charge on any atom is -0.354 e. The third-order valence-corrected chi connectivity index (χ3v) is 2.94. The quantitative estimate of drug-likeness (QED) is 0.633. The van der Waals surface area contributed by atoms with E-state index in [2.05, 4.69) is 4.98 Å². The van der Waals surface area contributed by atoms with E-state index >= 15 is 0 Å². The highest BCUT2D eigenvalue weighted by Crippen LogP contribution is 2.30. The van der Waals surface area contributed by atoms with E-state index in [0.717, 1.165) is 28.1 Å². The maximum Gasteiger partial charge on any atom is 0.150 e. The van der Waals surface area contributed by atoms with Crippen LogP contribution in [0.4, 0.5) is 0 Å². The molecule has 16 heavy (non-hydrogen) atoms. The number of para-hydroxylation sites is 1. The van der Waals surface area contributed by atoms with Crippen LogP contribution in [-0.2, 0) is 0 Å². The average molecular weight is 230 g/mol. The van der Waals surface area contributed by atoms with E-state index < -0.39 is 0 Å². The van der Waals surface area contributed by atoms with E-state index in [-0.39, 0.29) is 0 Å². The van der Waals surface area contributed by atoms with Gasteiger partial charge in [-0.3, -0.25) is 4.79 Å². The summed E-state index contributed by atoms with van der Waals surface area (Å²) in [4.78, 5) is 14.3. The van der Waals surface area contributed by atoms with Crippen LogP contribution < -0.4 is 0 Å². The topological polar surface area (TPSA) is 32.9 Å². The second-order valence-electron chi connectivity index (χ2n) is 3.71. The van der Waals surface area contributed by atoms with Crippen LogP contribution in [-0.4, -0.2) is 11.3 Å². The average Bonchev–Trinajstić information content (AvgIpc) is 2.65. The second-order valence-corrected chi connectivity index (χ2v) is 4.14. The lowest BCUT2D eigenvalue weighted by Crippen LogP contribution is -1.81. The van der Waals surface area contributed by atoms with Crippen LogP contribution in [0.25, 0.3) is 21.8 Å². The molecule has 1 aromatic heterocycles. The Kier molecular flexibility index (Phi) is 1.98. The molecule has 0 aliphatic heterocycles. The Balaban J connectivity index is 2.60. The van der Waals surface area contributed by atoms with Crippen molar-refractivity contribution < 1.29 is 4.79 Å². The lowest BCUT2D eigenvalue weighted by atomic mass is 10.1. The zero-order valence-corrected chi connectivity index (χ0v) is 9.08. The predicted molar refractivity (Wildman–Crippen MR) is 66.2 cm³/mol. The van der Waals surface area contributed by atoms with Crippen molar-refractivity contribution in [3.05, 3.63) is 47.0 Å². The first-order chi connectivity index (χ1) is 7.79. The van der Waals surface area contributed by atoms with Gasteiger partial charge in [0.05, 0.1) is 0 Å². The molecule has 1 N–H and O–H groups in total. The molecule has 3 rings (SSSR count). The van der Waals surface area contributed by atoms with Crippen molar-refractivity contribution in [2.45, 2.75) is 0 Å². The molecule has 2 aromatic carbocycles. The number of fused-ring (bicyclic) bond motifs is 3. The number of H-pyrrole nitrogens is 1. The van der Waals surface area contributed by atoms with Gasteiger partial charge in [0.1, 0.15) is 0 Å². The molecule has 0 saturated heterocycles. The summed E-state index contributed by atoms with van der Waals surface area (Å²) in [5.74, 6) is 0. The van der Waals surface area contributed by atoms with E-state index in [1.165, 1.54) is 0 Å². The highest BCUT2D eigenvalue weighted by Gasteiger charge is 2.08. The summed E-state index contributed by atoms with van der Waals surface area (Å²) in [6, 6.07) is 11.4. The normalized spacial score (nSPS) is 11.1. The zero-order chi connectivity index (χ0) is 11.1. The van der Waals surface area contributed by atoms with Gasteiger partial charge in [-0.2, -0.15) is 0 Å². The smallest absolute Gasteiger partial charge is 0.150 e. The van der Waals surface area contributed by atoms with Gasteiger partial charge in [-0.1, -0.05) is 29.8 Å². The molecule has 78 valence electrons. The van der Waals surface area contributed by atoms with Crippen LogP contribution in [0.3, 0.4) is 0 Å². The summed E-state index contributed by atoms with van der Waals surface area (Å²) in [6.45, 7) is 0. The number of carbonyl (C=O) groups excluding carboxylic acids is 1. The number of hydrogen-bond acceptors (Lipinski definition) is 1. The molecule has 3 heteroatoms. The predicted octanol–water partition coefficient (Wildman–Crippen LogP) is 3.79. The van der Waals surface area contributed by atoms with Crippen molar-refractivity contribution in [3.63, 3.8) is 0 Å². The summed E-state index contributed by atoms with van der Waals surface area (Å²) >= 11 is 5.95. The summed E-state index contributed by atoms with van der Waals surface area (Å²) in [5, 5.41) is 2.56. The third kappa shape index (κ3) is 1.24. The number of aldehydes is 1. The van der Waals surface area contributed by atoms with Crippen LogP contribution in [0.1, 0.15) is 10.4 Å². The molecular weight excluding hydrogens is 222 g/mol. The van der Waals surface area contributed by atoms with Gasteiger partial charge in [0.15, 0.2) is 6.29 Å². The molecule has 0 unspecified atom stereocenters. The molecule has 1 heterocycles. The van der Waals surface area contributed by atoms with Gasteiger partial charge in [-0.05, 0) is 18.2 Å². The van der Waals surface area contributed by atoms with Crippen LogP contribution in [0.15, 0.2) is 36.4 Å². The number of aromatic nitrogens is 1. The maximum atomic E-state index is 11.0. The largest absolute Gasteiger partial charge is 0.354 e. The number of benzene rings is 2. The molecule has 0 saturated carbocycles. The van der Waals surface area contributed by atoms with Gasteiger partial charge in [0.25, 0.3) is 0 Å². The Morgan fingerprint density at radius 2 is 1.94 bits per heavy atom. The number of hydrogen-bond donors (Lipinski definition) is 1. The number of nitrogens with one attached hydrogen (secondary N) is 1. The number of rotatable bonds is 1. The Hall–Kier alpha value is -1.80. The van der Waals surface area contributed by atoms with Crippen molar-refractivity contribution >= 4 is 39.7 Å². The minimum absolute atomic E-state index is 0.571. The van der Waals surface area contributed by atoms with Gasteiger partial charge >= 0.3 is 0 Å². The van der Waals surface area contributed by atoms with E-state index in [0.29, 0.717) is 10.6 Å². The zero-order valence-electron chi connectivity index (χ0n) is 8.33. The molecule has 0 atom stereocenters. The highest BCUT2D eigenvalue weighted by molar-refractivity contribution is 6.32. The van der Waals surface area contributed by atoms with Crippen molar-refractivity contribution in [2.24, 2.45) is 0 Å². The molecule has 0 spiro atoms. The lowest BCUT2D eigenvalue weighted by molar-refractivity contribution is 0.112. The first kappa shape index (κ1) is 9.43. The fourth-order valence-corrected chi connectivity index (χ4v) is 2.30. The lowest BCUT2D eigenvalue weighted by Gasteiger charge is -1.97. The van der Waals surface area contributed by atoms with Crippen molar-refractivity contribution in [1.29, 1.82) is 0 Å². The Bertz CT molecular complexity index is 700. The number of halogens is 1. The van der Waals surface area contributed by atoms with Crippen molar-refractivity contribution in [2.75, 3.05) is 0 Å². The summed E-state index contributed by atoms with van der Waals surface area (Å²) in [7, 11) is 0. The van der Waals surface area contributed by atoms with E-state index in [1.54, 1.807) is 6.07 Å². The molecule has 2 nitrogen and oxygen atoms in total. The fraction of sp³-hybridized carbons (Fsp3) is 0. The monoisotopic (exact) mass is 229 g/mol. The van der Waals surface area contributed by atoms with Crippen LogP contribution >= 0.6 is 11.6 Å². The molecule has 3 aromatic rings. The molecule has 0 bridgehead atoms. The third-order valence-electron chi connectivity index (χ3n) is 2.73.